The lowest BCUT2D eigenvalue weighted by atomic mass is 10.0. The molecule has 1 aromatic carbocycles. The third-order valence-electron chi connectivity index (χ3n) is 4.04. The quantitative estimate of drug-likeness (QED) is 0.781. The number of hydrogen-bond donors (Lipinski definition) is 2. The summed E-state index contributed by atoms with van der Waals surface area (Å²) in [5.74, 6) is 0.551. The van der Waals surface area contributed by atoms with Gasteiger partial charge in [0.05, 0.1) is 0 Å². The van der Waals surface area contributed by atoms with Crippen molar-refractivity contribution >= 4 is 11.5 Å². The number of anilines is 2. The highest BCUT2D eigenvalue weighted by Gasteiger charge is 2.07. The molecule has 0 saturated carbocycles. The molecule has 2 rings (SSSR count). The van der Waals surface area contributed by atoms with E-state index in [1.54, 1.807) is 0 Å². The van der Waals surface area contributed by atoms with Crippen LogP contribution in [-0.4, -0.2) is 32.2 Å². The first-order valence-electron chi connectivity index (χ1n) is 8.29. The summed E-state index contributed by atoms with van der Waals surface area (Å²) in [6.07, 6.45) is 1.61. The van der Waals surface area contributed by atoms with Crippen molar-refractivity contribution in [2.45, 2.75) is 26.4 Å². The molecule has 24 heavy (non-hydrogen) atoms. The van der Waals surface area contributed by atoms with Crippen molar-refractivity contribution < 1.29 is 4.39 Å². The molecule has 0 spiro atoms. The van der Waals surface area contributed by atoms with Crippen molar-refractivity contribution in [3.8, 4) is 0 Å². The molecule has 2 aromatic rings. The maximum absolute atomic E-state index is 13.2. The van der Waals surface area contributed by atoms with Crippen LogP contribution in [0.5, 0.6) is 0 Å². The number of rotatable bonds is 8. The molecule has 0 unspecified atom stereocenters. The summed E-state index contributed by atoms with van der Waals surface area (Å²) >= 11 is 0. The van der Waals surface area contributed by atoms with Crippen molar-refractivity contribution in [2.75, 3.05) is 37.8 Å². The number of aryl methyl sites for hydroxylation is 3. The zero-order valence-electron chi connectivity index (χ0n) is 14.8. The van der Waals surface area contributed by atoms with Crippen LogP contribution in [-0.2, 0) is 19.5 Å². The fraction of sp³-hybridized carbons (Fsp3) is 0.421. The van der Waals surface area contributed by atoms with Crippen LogP contribution in [0.25, 0.3) is 0 Å². The van der Waals surface area contributed by atoms with E-state index in [1.165, 1.54) is 0 Å². The van der Waals surface area contributed by atoms with Crippen molar-refractivity contribution in [1.82, 2.24) is 10.3 Å². The molecular formula is C19H27FN4. The summed E-state index contributed by atoms with van der Waals surface area (Å²) in [5.41, 5.74) is 10.8. The molecule has 0 amide bonds. The second-order valence-corrected chi connectivity index (χ2v) is 6.23. The third-order valence-corrected chi connectivity index (χ3v) is 4.04. The first-order valence-corrected chi connectivity index (χ1v) is 8.29. The number of likely N-dealkylation sites (N-methyl/N-ethyl adjacent to an activating group) is 2. The highest BCUT2D eigenvalue weighted by molar-refractivity contribution is 5.51. The fourth-order valence-electron chi connectivity index (χ4n) is 2.76. The number of nitrogens with two attached hydrogens (primary N) is 1. The molecular weight excluding hydrogens is 303 g/mol. The molecule has 0 aliphatic heterocycles. The maximum Gasteiger partial charge on any atom is 0.123 e. The lowest BCUT2D eigenvalue weighted by Crippen LogP contribution is -2.27. The van der Waals surface area contributed by atoms with Gasteiger partial charge in [-0.05, 0) is 67.8 Å². The number of nitrogen functional groups attached to an aromatic ring is 1. The van der Waals surface area contributed by atoms with E-state index in [0.717, 1.165) is 54.0 Å². The third kappa shape index (κ3) is 5.20. The summed E-state index contributed by atoms with van der Waals surface area (Å²) in [6, 6.07) is 9.90. The fourth-order valence-corrected chi connectivity index (χ4v) is 2.76. The molecule has 4 nitrogen and oxygen atoms in total. The first-order chi connectivity index (χ1) is 11.5. The topological polar surface area (TPSA) is 54.2 Å². The van der Waals surface area contributed by atoms with Gasteiger partial charge < -0.3 is 16.0 Å². The Kier molecular flexibility index (Phi) is 6.55. The lowest BCUT2D eigenvalue weighted by molar-refractivity contribution is 0.485. The predicted molar refractivity (Wildman–Crippen MR) is 99.2 cm³/mol. The lowest BCUT2D eigenvalue weighted by Gasteiger charge is -2.21. The SMILES string of the molecule is CNCCN(C)c1cc(CF)cc(CCc2cc(C)cc(N)n2)c1. The number of alkyl halides is 1. The largest absolute Gasteiger partial charge is 0.384 e. The molecule has 1 heterocycles. The summed E-state index contributed by atoms with van der Waals surface area (Å²) in [5, 5.41) is 3.13. The van der Waals surface area contributed by atoms with Gasteiger partial charge in [-0.1, -0.05) is 6.07 Å². The monoisotopic (exact) mass is 330 g/mol. The Morgan fingerprint density at radius 1 is 1.12 bits per heavy atom. The summed E-state index contributed by atoms with van der Waals surface area (Å²) in [7, 11) is 3.96. The first kappa shape index (κ1) is 18.2. The van der Waals surface area contributed by atoms with E-state index in [4.69, 9.17) is 5.73 Å². The highest BCUT2D eigenvalue weighted by Crippen LogP contribution is 2.20. The molecule has 0 bridgehead atoms. The van der Waals surface area contributed by atoms with Crippen molar-refractivity contribution in [2.24, 2.45) is 0 Å². The molecule has 0 atom stereocenters. The minimum absolute atomic E-state index is 0.448. The van der Waals surface area contributed by atoms with Crippen LogP contribution in [0, 0.1) is 6.92 Å². The summed E-state index contributed by atoms with van der Waals surface area (Å²) in [4.78, 5) is 6.52. The van der Waals surface area contributed by atoms with Crippen LogP contribution >= 0.6 is 0 Å². The normalized spacial score (nSPS) is 10.8. The van der Waals surface area contributed by atoms with Crippen LogP contribution in [0.3, 0.4) is 0 Å². The van der Waals surface area contributed by atoms with Gasteiger partial charge in [-0.2, -0.15) is 0 Å². The van der Waals surface area contributed by atoms with Crippen LogP contribution in [0.15, 0.2) is 30.3 Å². The van der Waals surface area contributed by atoms with E-state index < -0.39 is 6.67 Å². The molecule has 5 heteroatoms. The van der Waals surface area contributed by atoms with Gasteiger partial charge in [-0.25, -0.2) is 9.37 Å². The number of halogens is 1. The van der Waals surface area contributed by atoms with Gasteiger partial charge in [0.2, 0.25) is 0 Å². The van der Waals surface area contributed by atoms with E-state index in [-0.39, 0.29) is 0 Å². The molecule has 0 fully saturated rings. The Hall–Kier alpha value is -2.14. The minimum atomic E-state index is -0.448. The second kappa shape index (κ2) is 8.64. The standard InChI is InChI=1S/C19H27FN4/c1-14-8-17(23-19(21)9-14)5-4-15-10-16(13-20)12-18(11-15)24(3)7-6-22-2/h8-12,22H,4-7,13H2,1-3H3,(H2,21,23). The Morgan fingerprint density at radius 2 is 1.88 bits per heavy atom. The number of hydrogen-bond acceptors (Lipinski definition) is 4. The number of aromatic nitrogens is 1. The van der Waals surface area contributed by atoms with Crippen LogP contribution < -0.4 is 16.0 Å². The van der Waals surface area contributed by atoms with Gasteiger partial charge in [0.25, 0.3) is 0 Å². The van der Waals surface area contributed by atoms with E-state index in [9.17, 15) is 4.39 Å². The number of nitrogens with one attached hydrogen (secondary N) is 1. The van der Waals surface area contributed by atoms with Crippen molar-refractivity contribution in [3.63, 3.8) is 0 Å². The Labute approximate surface area is 143 Å². The predicted octanol–water partition coefficient (Wildman–Crippen LogP) is 2.88. The van der Waals surface area contributed by atoms with Crippen molar-refractivity contribution in [3.05, 3.63) is 52.7 Å². The van der Waals surface area contributed by atoms with Gasteiger partial charge in [-0.3, -0.25) is 0 Å². The van der Waals surface area contributed by atoms with Crippen LogP contribution in [0.4, 0.5) is 15.9 Å². The highest BCUT2D eigenvalue weighted by atomic mass is 19.1. The average Bonchev–Trinajstić information content (AvgIpc) is 2.56. The van der Waals surface area contributed by atoms with E-state index in [1.807, 2.05) is 39.2 Å². The minimum Gasteiger partial charge on any atom is -0.384 e. The molecule has 0 aliphatic carbocycles. The number of nitrogens with zero attached hydrogens (tertiary/aromatic N) is 2. The zero-order chi connectivity index (χ0) is 17.5. The molecule has 0 aliphatic rings. The zero-order valence-corrected chi connectivity index (χ0v) is 14.8. The van der Waals surface area contributed by atoms with Crippen molar-refractivity contribution in [1.29, 1.82) is 0 Å². The number of pyridine rings is 1. The van der Waals surface area contributed by atoms with Crippen LogP contribution in [0.1, 0.15) is 22.4 Å². The van der Waals surface area contributed by atoms with E-state index in [2.05, 4.69) is 27.3 Å². The van der Waals surface area contributed by atoms with Gasteiger partial charge in [0.1, 0.15) is 12.5 Å². The van der Waals surface area contributed by atoms with Crippen LogP contribution in [0.2, 0.25) is 0 Å². The number of benzene rings is 1. The Balaban J connectivity index is 2.13. The Bertz CT molecular complexity index is 652. The molecule has 0 saturated heterocycles. The smallest absolute Gasteiger partial charge is 0.123 e. The molecule has 3 N–H and O–H groups in total. The van der Waals surface area contributed by atoms with Gasteiger partial charge >= 0.3 is 0 Å². The summed E-state index contributed by atoms with van der Waals surface area (Å²) < 4.78 is 13.2. The van der Waals surface area contributed by atoms with Gasteiger partial charge in [0, 0.05) is 31.5 Å². The Morgan fingerprint density at radius 3 is 2.54 bits per heavy atom. The van der Waals surface area contributed by atoms with Gasteiger partial charge in [-0.15, -0.1) is 0 Å². The second-order valence-electron chi connectivity index (χ2n) is 6.23. The van der Waals surface area contributed by atoms with E-state index in [0.29, 0.717) is 5.82 Å². The molecule has 1 aromatic heterocycles. The van der Waals surface area contributed by atoms with Gasteiger partial charge in [0.15, 0.2) is 0 Å². The molecule has 130 valence electrons. The maximum atomic E-state index is 13.2. The van der Waals surface area contributed by atoms with E-state index >= 15 is 0 Å². The molecule has 0 radical (unpaired) electrons. The summed E-state index contributed by atoms with van der Waals surface area (Å²) in [6.45, 7) is 3.33. The average molecular weight is 330 g/mol.